The van der Waals surface area contributed by atoms with Crippen molar-refractivity contribution in [1.29, 1.82) is 0 Å². The first-order valence-corrected chi connectivity index (χ1v) is 5.59. The number of ether oxygens (including phenoxy) is 1. The highest BCUT2D eigenvalue weighted by Gasteiger charge is 2.54. The number of likely N-dealkylation sites (tertiary alicyclic amines) is 1. The van der Waals surface area contributed by atoms with Crippen molar-refractivity contribution in [2.45, 2.75) is 38.8 Å². The van der Waals surface area contributed by atoms with E-state index in [9.17, 15) is 4.79 Å². The summed E-state index contributed by atoms with van der Waals surface area (Å²) in [4.78, 5) is 13.5. The quantitative estimate of drug-likeness (QED) is 0.420. The molecule has 1 aliphatic carbocycles. The third-order valence-electron chi connectivity index (χ3n) is 3.05. The number of fused-ring (bicyclic) bond motifs is 1. The smallest absolute Gasteiger partial charge is 0.410 e. The van der Waals surface area contributed by atoms with Crippen LogP contribution >= 0.6 is 0 Å². The Morgan fingerprint density at radius 1 is 1.56 bits per heavy atom. The molecule has 1 heterocycles. The molecule has 0 aromatic carbocycles. The molecule has 5 heteroatoms. The van der Waals surface area contributed by atoms with Crippen LogP contribution in [0.1, 0.15) is 27.2 Å². The van der Waals surface area contributed by atoms with Gasteiger partial charge in [-0.3, -0.25) is 4.90 Å². The van der Waals surface area contributed by atoms with E-state index in [0.717, 1.165) is 13.0 Å². The van der Waals surface area contributed by atoms with E-state index >= 15 is 0 Å². The summed E-state index contributed by atoms with van der Waals surface area (Å²) in [6, 6.07) is -0.0927. The molecule has 0 aromatic rings. The van der Waals surface area contributed by atoms with E-state index in [1.54, 1.807) is 4.90 Å². The molecule has 1 saturated heterocycles. The van der Waals surface area contributed by atoms with Crippen LogP contribution in [0.3, 0.4) is 0 Å². The van der Waals surface area contributed by atoms with Gasteiger partial charge in [-0.05, 0) is 39.0 Å². The van der Waals surface area contributed by atoms with Crippen molar-refractivity contribution in [2.75, 3.05) is 6.54 Å². The minimum Gasteiger partial charge on any atom is -0.444 e. The SMILES string of the molecule is CC(C)(C)OC(=O)N1C[C@H]2C[C@H]2[C@@H]1C=NO. The standard InChI is InChI=1S/C11H18N2O3/c1-11(2,3)16-10(14)13-6-7-4-8(7)9(13)5-12-15/h5,7-9,15H,4,6H2,1-3H3/t7-,8-,9+/m1/s1. The minimum atomic E-state index is -0.481. The summed E-state index contributed by atoms with van der Waals surface area (Å²) in [6.07, 6.45) is 2.24. The van der Waals surface area contributed by atoms with E-state index in [-0.39, 0.29) is 12.1 Å². The van der Waals surface area contributed by atoms with Crippen molar-refractivity contribution in [3.63, 3.8) is 0 Å². The van der Waals surface area contributed by atoms with Gasteiger partial charge in [0.25, 0.3) is 0 Å². The van der Waals surface area contributed by atoms with Gasteiger partial charge >= 0.3 is 6.09 Å². The zero-order valence-corrected chi connectivity index (χ0v) is 9.88. The van der Waals surface area contributed by atoms with E-state index in [2.05, 4.69) is 5.16 Å². The summed E-state index contributed by atoms with van der Waals surface area (Å²) < 4.78 is 5.31. The second kappa shape index (κ2) is 3.64. The highest BCUT2D eigenvalue weighted by Crippen LogP contribution is 2.49. The average molecular weight is 226 g/mol. The van der Waals surface area contributed by atoms with Crippen molar-refractivity contribution >= 4 is 12.3 Å². The van der Waals surface area contributed by atoms with E-state index in [0.29, 0.717) is 11.8 Å². The Kier molecular flexibility index (Phi) is 2.56. The first kappa shape index (κ1) is 11.2. The van der Waals surface area contributed by atoms with Crippen LogP contribution in [0, 0.1) is 11.8 Å². The third-order valence-corrected chi connectivity index (χ3v) is 3.05. The van der Waals surface area contributed by atoms with Crippen LogP contribution in [0.5, 0.6) is 0 Å². The first-order chi connectivity index (χ1) is 7.42. The van der Waals surface area contributed by atoms with Crippen LogP contribution < -0.4 is 0 Å². The summed E-state index contributed by atoms with van der Waals surface area (Å²) >= 11 is 0. The number of hydrogen-bond acceptors (Lipinski definition) is 4. The fourth-order valence-electron chi connectivity index (χ4n) is 2.28. The normalized spacial score (nSPS) is 32.9. The lowest BCUT2D eigenvalue weighted by atomic mass is 10.2. The number of amides is 1. The second-order valence-corrected chi connectivity index (χ2v) is 5.55. The molecule has 5 nitrogen and oxygen atoms in total. The van der Waals surface area contributed by atoms with Gasteiger partial charge in [-0.25, -0.2) is 4.79 Å². The highest BCUT2D eigenvalue weighted by atomic mass is 16.6. The lowest BCUT2D eigenvalue weighted by molar-refractivity contribution is 0.0242. The maximum absolute atomic E-state index is 11.9. The summed E-state index contributed by atoms with van der Waals surface area (Å²) in [5.74, 6) is 1.03. The van der Waals surface area contributed by atoms with Gasteiger partial charge in [-0.1, -0.05) is 5.16 Å². The zero-order chi connectivity index (χ0) is 11.9. The molecule has 3 atom stereocenters. The molecule has 1 amide bonds. The highest BCUT2D eigenvalue weighted by molar-refractivity contribution is 5.77. The first-order valence-electron chi connectivity index (χ1n) is 5.59. The average Bonchev–Trinajstić information content (AvgIpc) is 2.81. The molecular weight excluding hydrogens is 208 g/mol. The fourth-order valence-corrected chi connectivity index (χ4v) is 2.28. The Morgan fingerprint density at radius 2 is 2.25 bits per heavy atom. The fraction of sp³-hybridized carbons (Fsp3) is 0.818. The van der Waals surface area contributed by atoms with E-state index in [1.807, 2.05) is 20.8 Å². The van der Waals surface area contributed by atoms with Crippen LogP contribution in [0.25, 0.3) is 0 Å². The number of rotatable bonds is 1. The number of nitrogens with zero attached hydrogens (tertiary/aromatic N) is 2. The molecule has 1 saturated carbocycles. The van der Waals surface area contributed by atoms with Crippen molar-refractivity contribution in [2.24, 2.45) is 17.0 Å². The molecule has 0 aromatic heterocycles. The Labute approximate surface area is 95.1 Å². The minimum absolute atomic E-state index is 0.0927. The maximum atomic E-state index is 11.9. The molecule has 0 unspecified atom stereocenters. The van der Waals surface area contributed by atoms with Gasteiger partial charge in [-0.15, -0.1) is 0 Å². The number of piperidine rings is 1. The monoisotopic (exact) mass is 226 g/mol. The topological polar surface area (TPSA) is 62.1 Å². The summed E-state index contributed by atoms with van der Waals surface area (Å²) in [7, 11) is 0. The largest absolute Gasteiger partial charge is 0.444 e. The van der Waals surface area contributed by atoms with E-state index in [4.69, 9.17) is 9.94 Å². The summed E-state index contributed by atoms with van der Waals surface area (Å²) in [5, 5.41) is 11.6. The molecule has 2 aliphatic rings. The van der Waals surface area contributed by atoms with Crippen LogP contribution in [0.2, 0.25) is 0 Å². The van der Waals surface area contributed by atoms with Crippen molar-refractivity contribution in [3.05, 3.63) is 0 Å². The van der Waals surface area contributed by atoms with Crippen LogP contribution in [0.4, 0.5) is 4.79 Å². The van der Waals surface area contributed by atoms with E-state index in [1.165, 1.54) is 6.21 Å². The van der Waals surface area contributed by atoms with Gasteiger partial charge in [0.15, 0.2) is 0 Å². The molecule has 2 fully saturated rings. The molecular formula is C11H18N2O3. The molecule has 0 bridgehead atoms. The van der Waals surface area contributed by atoms with Gasteiger partial charge in [0.1, 0.15) is 5.60 Å². The van der Waals surface area contributed by atoms with Gasteiger partial charge in [0.05, 0.1) is 12.3 Å². The molecule has 16 heavy (non-hydrogen) atoms. The molecule has 0 radical (unpaired) electrons. The molecule has 1 aliphatic heterocycles. The van der Waals surface area contributed by atoms with Crippen LogP contribution in [-0.2, 0) is 4.74 Å². The number of carbonyl (C=O) groups excluding carboxylic acids is 1. The third kappa shape index (κ3) is 2.13. The number of carbonyl (C=O) groups is 1. The number of oxime groups is 1. The second-order valence-electron chi connectivity index (χ2n) is 5.55. The van der Waals surface area contributed by atoms with Crippen LogP contribution in [-0.4, -0.2) is 40.6 Å². The van der Waals surface area contributed by atoms with Gasteiger partial charge < -0.3 is 9.94 Å². The Hall–Kier alpha value is -1.26. The Bertz CT molecular complexity index is 322. The van der Waals surface area contributed by atoms with Crippen LogP contribution in [0.15, 0.2) is 5.16 Å². The van der Waals surface area contributed by atoms with Gasteiger partial charge in [0.2, 0.25) is 0 Å². The summed E-state index contributed by atoms with van der Waals surface area (Å²) in [5.41, 5.74) is -0.481. The molecule has 2 rings (SSSR count). The summed E-state index contributed by atoms with van der Waals surface area (Å²) in [6.45, 7) is 6.25. The van der Waals surface area contributed by atoms with Crippen molar-refractivity contribution < 1.29 is 14.7 Å². The molecule has 90 valence electrons. The van der Waals surface area contributed by atoms with Crippen molar-refractivity contribution in [1.82, 2.24) is 4.90 Å². The van der Waals surface area contributed by atoms with Gasteiger partial charge in [0, 0.05) is 6.54 Å². The predicted molar refractivity (Wildman–Crippen MR) is 58.6 cm³/mol. The lowest BCUT2D eigenvalue weighted by Gasteiger charge is -2.28. The van der Waals surface area contributed by atoms with E-state index < -0.39 is 5.60 Å². The van der Waals surface area contributed by atoms with Crippen molar-refractivity contribution in [3.8, 4) is 0 Å². The Morgan fingerprint density at radius 3 is 2.81 bits per heavy atom. The maximum Gasteiger partial charge on any atom is 0.410 e. The molecule has 1 N–H and O–H groups in total. The molecule has 0 spiro atoms. The van der Waals surface area contributed by atoms with Gasteiger partial charge in [-0.2, -0.15) is 0 Å². The lowest BCUT2D eigenvalue weighted by Crippen LogP contribution is -2.42. The zero-order valence-electron chi connectivity index (χ0n) is 9.88. The predicted octanol–water partition coefficient (Wildman–Crippen LogP) is 1.70. The Balaban J connectivity index is 2.01. The number of hydrogen-bond donors (Lipinski definition) is 1.